The van der Waals surface area contributed by atoms with E-state index in [9.17, 15) is 9.59 Å². The molecular formula is C23H26N4O3. The molecule has 3 aliphatic heterocycles. The van der Waals surface area contributed by atoms with Gasteiger partial charge in [0.15, 0.2) is 0 Å². The zero-order chi connectivity index (χ0) is 21.0. The second-order valence-electron chi connectivity index (χ2n) is 8.62. The topological polar surface area (TPSA) is 67.7 Å². The molecule has 3 aliphatic rings. The largest absolute Gasteiger partial charge is 0.360 e. The van der Waals surface area contributed by atoms with Gasteiger partial charge >= 0.3 is 0 Å². The zero-order valence-electron chi connectivity index (χ0n) is 17.5. The Kier molecular flexibility index (Phi) is 4.32. The molecule has 1 aromatic heterocycles. The molecule has 1 aromatic carbocycles. The second kappa shape index (κ2) is 6.80. The number of anilines is 1. The predicted octanol–water partition coefficient (Wildman–Crippen LogP) is 1.94. The maximum Gasteiger partial charge on any atom is 0.234 e. The Hall–Kier alpha value is -2.93. The SMILES string of the molecule is Cc1ccc(N2C[C@]34C=C[C@H](O3)C(C(=O)N(C)CCn3cccn3)C4C2=O)cc1C. The van der Waals surface area contributed by atoms with E-state index in [4.69, 9.17) is 4.74 Å². The van der Waals surface area contributed by atoms with Crippen LogP contribution in [0.3, 0.4) is 0 Å². The second-order valence-corrected chi connectivity index (χ2v) is 8.62. The number of carbonyl (C=O) groups is 2. The van der Waals surface area contributed by atoms with E-state index in [1.54, 1.807) is 27.7 Å². The lowest BCUT2D eigenvalue weighted by Crippen LogP contribution is -2.45. The van der Waals surface area contributed by atoms with Crippen molar-refractivity contribution in [1.29, 1.82) is 0 Å². The molecular weight excluding hydrogens is 380 g/mol. The fourth-order valence-corrected chi connectivity index (χ4v) is 4.94. The molecule has 2 aromatic rings. The van der Waals surface area contributed by atoms with E-state index < -0.39 is 17.4 Å². The highest BCUT2D eigenvalue weighted by molar-refractivity contribution is 6.03. The predicted molar refractivity (Wildman–Crippen MR) is 112 cm³/mol. The van der Waals surface area contributed by atoms with Gasteiger partial charge in [-0.3, -0.25) is 14.3 Å². The number of aromatic nitrogens is 2. The van der Waals surface area contributed by atoms with Crippen LogP contribution in [0.15, 0.2) is 48.8 Å². The van der Waals surface area contributed by atoms with Crippen molar-refractivity contribution in [2.75, 3.05) is 25.0 Å². The van der Waals surface area contributed by atoms with Crippen molar-refractivity contribution in [2.24, 2.45) is 11.8 Å². The number of aryl methyl sites for hydroxylation is 2. The fraction of sp³-hybridized carbons (Fsp3) is 0.435. The van der Waals surface area contributed by atoms with Crippen molar-refractivity contribution in [3.63, 3.8) is 0 Å². The maximum atomic E-state index is 13.5. The summed E-state index contributed by atoms with van der Waals surface area (Å²) in [6.45, 7) is 5.69. The van der Waals surface area contributed by atoms with E-state index in [-0.39, 0.29) is 17.9 Å². The minimum absolute atomic E-state index is 0.0241. The molecule has 5 rings (SSSR count). The van der Waals surface area contributed by atoms with Crippen LogP contribution in [0, 0.1) is 25.7 Å². The van der Waals surface area contributed by atoms with E-state index in [0.29, 0.717) is 19.6 Å². The quantitative estimate of drug-likeness (QED) is 0.712. The van der Waals surface area contributed by atoms with Crippen LogP contribution >= 0.6 is 0 Å². The van der Waals surface area contributed by atoms with Crippen molar-refractivity contribution < 1.29 is 14.3 Å². The van der Waals surface area contributed by atoms with Gasteiger partial charge in [0, 0.05) is 31.7 Å². The molecule has 30 heavy (non-hydrogen) atoms. The number of ether oxygens (including phenoxy) is 1. The van der Waals surface area contributed by atoms with Crippen LogP contribution in [0.2, 0.25) is 0 Å². The van der Waals surface area contributed by atoms with Gasteiger partial charge in [-0.1, -0.05) is 18.2 Å². The van der Waals surface area contributed by atoms with Gasteiger partial charge in [-0.15, -0.1) is 0 Å². The Labute approximate surface area is 175 Å². The Morgan fingerprint density at radius 1 is 1.33 bits per heavy atom. The van der Waals surface area contributed by atoms with Crippen LogP contribution in [-0.4, -0.2) is 58.3 Å². The van der Waals surface area contributed by atoms with Crippen molar-refractivity contribution in [3.05, 3.63) is 59.9 Å². The third-order valence-corrected chi connectivity index (χ3v) is 6.79. The first-order chi connectivity index (χ1) is 14.4. The minimum Gasteiger partial charge on any atom is -0.360 e. The van der Waals surface area contributed by atoms with Crippen LogP contribution in [-0.2, 0) is 20.9 Å². The third-order valence-electron chi connectivity index (χ3n) is 6.79. The number of nitrogens with zero attached hydrogens (tertiary/aromatic N) is 4. The van der Waals surface area contributed by atoms with E-state index in [1.807, 2.05) is 49.5 Å². The van der Waals surface area contributed by atoms with Crippen LogP contribution in [0.4, 0.5) is 5.69 Å². The van der Waals surface area contributed by atoms with E-state index in [0.717, 1.165) is 11.3 Å². The number of benzene rings is 1. The summed E-state index contributed by atoms with van der Waals surface area (Å²) in [5, 5.41) is 4.19. The van der Waals surface area contributed by atoms with Gasteiger partial charge in [-0.2, -0.15) is 5.10 Å². The van der Waals surface area contributed by atoms with Gasteiger partial charge in [-0.05, 0) is 43.2 Å². The fourth-order valence-electron chi connectivity index (χ4n) is 4.94. The third kappa shape index (κ3) is 2.80. The van der Waals surface area contributed by atoms with Crippen LogP contribution in [0.25, 0.3) is 0 Å². The monoisotopic (exact) mass is 406 g/mol. The summed E-state index contributed by atoms with van der Waals surface area (Å²) in [6, 6.07) is 7.90. The Bertz CT molecular complexity index is 1030. The number of amides is 2. The number of hydrogen-bond acceptors (Lipinski definition) is 4. The highest BCUT2D eigenvalue weighted by Crippen LogP contribution is 2.53. The lowest BCUT2D eigenvalue weighted by molar-refractivity contribution is -0.139. The molecule has 4 heterocycles. The van der Waals surface area contributed by atoms with E-state index in [1.165, 1.54) is 5.56 Å². The number of carbonyl (C=O) groups excluding carboxylic acids is 2. The summed E-state index contributed by atoms with van der Waals surface area (Å²) in [5.74, 6) is -1.03. The normalized spacial score (nSPS) is 29.0. The molecule has 0 aliphatic carbocycles. The molecule has 2 amide bonds. The van der Waals surface area contributed by atoms with Gasteiger partial charge in [0.2, 0.25) is 11.8 Å². The molecule has 2 saturated heterocycles. The van der Waals surface area contributed by atoms with Crippen molar-refractivity contribution >= 4 is 17.5 Å². The molecule has 0 radical (unpaired) electrons. The van der Waals surface area contributed by atoms with Gasteiger partial charge in [0.05, 0.1) is 31.0 Å². The van der Waals surface area contributed by atoms with Gasteiger partial charge in [0.25, 0.3) is 0 Å². The van der Waals surface area contributed by atoms with Crippen molar-refractivity contribution in [1.82, 2.24) is 14.7 Å². The average Bonchev–Trinajstić information content (AvgIpc) is 3.50. The van der Waals surface area contributed by atoms with Crippen LogP contribution < -0.4 is 4.90 Å². The van der Waals surface area contributed by atoms with Crippen LogP contribution in [0.5, 0.6) is 0 Å². The molecule has 2 bridgehead atoms. The summed E-state index contributed by atoms with van der Waals surface area (Å²) in [4.78, 5) is 30.3. The maximum absolute atomic E-state index is 13.5. The molecule has 156 valence electrons. The molecule has 7 nitrogen and oxygen atoms in total. The Morgan fingerprint density at radius 3 is 2.90 bits per heavy atom. The van der Waals surface area contributed by atoms with E-state index in [2.05, 4.69) is 12.0 Å². The number of likely N-dealkylation sites (N-methyl/N-ethyl adjacent to an activating group) is 1. The van der Waals surface area contributed by atoms with Crippen LogP contribution in [0.1, 0.15) is 11.1 Å². The number of rotatable bonds is 5. The van der Waals surface area contributed by atoms with Gasteiger partial charge in [-0.25, -0.2) is 0 Å². The lowest BCUT2D eigenvalue weighted by atomic mass is 9.76. The Balaban J connectivity index is 1.38. The number of hydrogen-bond donors (Lipinski definition) is 0. The molecule has 4 atom stereocenters. The van der Waals surface area contributed by atoms with Crippen molar-refractivity contribution in [2.45, 2.75) is 32.1 Å². The molecule has 2 unspecified atom stereocenters. The first kappa shape index (κ1) is 19.1. The standard InChI is InChI=1S/C23H26N4O3/c1-15-5-6-17(13-16(15)2)27-14-23-8-7-18(30-23)19(20(23)22(27)29)21(28)25(3)11-12-26-10-4-9-24-26/h4-10,13,18-20H,11-12,14H2,1-3H3/t18-,19?,20?,23-/m0/s1. The molecule has 0 N–H and O–H groups in total. The van der Waals surface area contributed by atoms with E-state index >= 15 is 0 Å². The van der Waals surface area contributed by atoms with Crippen molar-refractivity contribution in [3.8, 4) is 0 Å². The average molecular weight is 406 g/mol. The lowest BCUT2D eigenvalue weighted by Gasteiger charge is -2.27. The minimum atomic E-state index is -0.705. The summed E-state index contributed by atoms with van der Waals surface area (Å²) >= 11 is 0. The molecule has 2 fully saturated rings. The van der Waals surface area contributed by atoms with Gasteiger partial charge < -0.3 is 14.5 Å². The summed E-state index contributed by atoms with van der Waals surface area (Å²) < 4.78 is 8.05. The number of fused-ring (bicyclic) bond motifs is 1. The zero-order valence-corrected chi connectivity index (χ0v) is 17.5. The first-order valence-electron chi connectivity index (χ1n) is 10.4. The molecule has 0 saturated carbocycles. The molecule has 1 spiro atoms. The highest BCUT2D eigenvalue weighted by atomic mass is 16.5. The summed E-state index contributed by atoms with van der Waals surface area (Å²) in [6.07, 6.45) is 7.21. The summed E-state index contributed by atoms with van der Waals surface area (Å²) in [5.41, 5.74) is 2.49. The smallest absolute Gasteiger partial charge is 0.234 e. The molecule has 7 heteroatoms. The highest BCUT2D eigenvalue weighted by Gasteiger charge is 2.67. The summed E-state index contributed by atoms with van der Waals surface area (Å²) in [7, 11) is 1.79. The van der Waals surface area contributed by atoms with Gasteiger partial charge in [0.1, 0.15) is 5.60 Å². The Morgan fingerprint density at radius 2 is 2.17 bits per heavy atom. The first-order valence-corrected chi connectivity index (χ1v) is 10.4.